The predicted molar refractivity (Wildman–Crippen MR) is 241 cm³/mol. The third kappa shape index (κ3) is 9.44. The monoisotopic (exact) mass is 740 g/mol. The number of allylic oxidation sites excluding steroid dienone is 1. The van der Waals surface area contributed by atoms with Crippen molar-refractivity contribution in [2.75, 3.05) is 23.0 Å². The summed E-state index contributed by atoms with van der Waals surface area (Å²) in [6.45, 7) is 18.4. The van der Waals surface area contributed by atoms with Crippen molar-refractivity contribution in [3.8, 4) is 11.5 Å². The summed E-state index contributed by atoms with van der Waals surface area (Å²) in [5.41, 5.74) is 15.9. The zero-order chi connectivity index (χ0) is 39.6. The molecule has 0 aromatic heterocycles. The zero-order valence-corrected chi connectivity index (χ0v) is 34.4. The van der Waals surface area contributed by atoms with Gasteiger partial charge in [-0.15, -0.1) is 0 Å². The number of ether oxygens (including phenoxy) is 2. The van der Waals surface area contributed by atoms with E-state index in [1.807, 2.05) is 0 Å². The molecule has 0 atom stereocenters. The van der Waals surface area contributed by atoms with E-state index in [0.29, 0.717) is 13.2 Å². The van der Waals surface area contributed by atoms with Crippen LogP contribution in [0.4, 0.5) is 34.1 Å². The maximum Gasteiger partial charge on any atom is 0.127 e. The Morgan fingerprint density at radius 1 is 0.429 bits per heavy atom. The van der Waals surface area contributed by atoms with Gasteiger partial charge >= 0.3 is 0 Å². The third-order valence-electron chi connectivity index (χ3n) is 9.91. The fourth-order valence-electron chi connectivity index (χ4n) is 7.04. The highest BCUT2D eigenvalue weighted by molar-refractivity contribution is 5.85. The first kappa shape index (κ1) is 39.7. The van der Waals surface area contributed by atoms with Crippen molar-refractivity contribution in [1.29, 1.82) is 0 Å². The van der Waals surface area contributed by atoms with Crippen LogP contribution in [-0.2, 0) is 0 Å². The second kappa shape index (κ2) is 18.6. The summed E-state index contributed by atoms with van der Waals surface area (Å²) in [7, 11) is 0. The number of aryl methyl sites for hydroxylation is 5. The van der Waals surface area contributed by atoms with Crippen molar-refractivity contribution < 1.29 is 9.47 Å². The lowest BCUT2D eigenvalue weighted by Gasteiger charge is -2.30. The van der Waals surface area contributed by atoms with E-state index in [4.69, 9.17) is 9.47 Å². The molecular formula is C52H56N2O2. The Hall–Kier alpha value is -6.00. The second-order valence-corrected chi connectivity index (χ2v) is 14.6. The standard InChI is InChI=1S/C52H56N2O2/c1-9-15-42-24-26-49(32-39(42)6)53(45-18-12-16-37(4)30-45)47-20-14-21-48(36-47)54(46-19-13-17-38(5)31-46)50-27-25-43(40(7)33-50)22-23-44-35-51(55-28-10-2)41(8)34-52(44)56-29-11-3/h9,12-27,30-36H,10-11,28-29H2,1-8H3. The Morgan fingerprint density at radius 3 is 1.36 bits per heavy atom. The van der Waals surface area contributed by atoms with Gasteiger partial charge in [0.15, 0.2) is 0 Å². The molecule has 286 valence electrons. The first-order valence-electron chi connectivity index (χ1n) is 19.9. The van der Waals surface area contributed by atoms with Gasteiger partial charge in [0.2, 0.25) is 0 Å². The van der Waals surface area contributed by atoms with Crippen LogP contribution in [0.2, 0.25) is 0 Å². The Labute approximate surface area is 335 Å². The minimum Gasteiger partial charge on any atom is -0.493 e. The highest BCUT2D eigenvalue weighted by atomic mass is 16.5. The molecule has 0 fully saturated rings. The molecular weight excluding hydrogens is 685 g/mol. The number of hydrogen-bond donors (Lipinski definition) is 0. The Morgan fingerprint density at radius 2 is 0.875 bits per heavy atom. The van der Waals surface area contributed by atoms with E-state index >= 15 is 0 Å². The molecule has 56 heavy (non-hydrogen) atoms. The zero-order valence-electron chi connectivity index (χ0n) is 34.4. The minimum atomic E-state index is 0.671. The second-order valence-electron chi connectivity index (χ2n) is 14.6. The van der Waals surface area contributed by atoms with E-state index in [0.717, 1.165) is 75.2 Å². The van der Waals surface area contributed by atoms with E-state index < -0.39 is 0 Å². The molecule has 6 aromatic rings. The Bertz CT molecular complexity index is 2340. The van der Waals surface area contributed by atoms with Crippen molar-refractivity contribution in [2.24, 2.45) is 0 Å². The first-order valence-corrected chi connectivity index (χ1v) is 19.9. The van der Waals surface area contributed by atoms with Crippen LogP contribution in [0.25, 0.3) is 18.2 Å². The average molecular weight is 741 g/mol. The van der Waals surface area contributed by atoms with Gasteiger partial charge in [0.05, 0.1) is 13.2 Å². The molecule has 0 spiro atoms. The molecule has 4 nitrogen and oxygen atoms in total. The predicted octanol–water partition coefficient (Wildman–Crippen LogP) is 14.9. The van der Waals surface area contributed by atoms with Gasteiger partial charge < -0.3 is 19.3 Å². The number of hydrogen-bond acceptors (Lipinski definition) is 4. The van der Waals surface area contributed by atoms with Gasteiger partial charge in [0.25, 0.3) is 0 Å². The third-order valence-corrected chi connectivity index (χ3v) is 9.91. The normalized spacial score (nSPS) is 11.4. The van der Waals surface area contributed by atoms with Crippen LogP contribution in [0.5, 0.6) is 11.5 Å². The first-order chi connectivity index (χ1) is 27.2. The molecule has 0 aliphatic rings. The highest BCUT2D eigenvalue weighted by Gasteiger charge is 2.19. The van der Waals surface area contributed by atoms with Crippen LogP contribution in [-0.4, -0.2) is 13.2 Å². The lowest BCUT2D eigenvalue weighted by Crippen LogP contribution is -2.13. The van der Waals surface area contributed by atoms with Crippen molar-refractivity contribution in [3.05, 3.63) is 172 Å². The lowest BCUT2D eigenvalue weighted by molar-refractivity contribution is 0.306. The number of benzene rings is 6. The summed E-state index contributed by atoms with van der Waals surface area (Å²) in [6, 6.07) is 44.0. The van der Waals surface area contributed by atoms with Gasteiger partial charge in [-0.3, -0.25) is 0 Å². The Balaban J connectivity index is 1.42. The summed E-state index contributed by atoms with van der Waals surface area (Å²) >= 11 is 0. The summed E-state index contributed by atoms with van der Waals surface area (Å²) in [4.78, 5) is 4.72. The number of rotatable bonds is 15. The smallest absolute Gasteiger partial charge is 0.127 e. The molecule has 0 bridgehead atoms. The van der Waals surface area contributed by atoms with Gasteiger partial charge in [-0.25, -0.2) is 0 Å². The molecule has 6 aromatic carbocycles. The molecule has 0 amide bonds. The fraction of sp³-hybridized carbons (Fsp3) is 0.231. The van der Waals surface area contributed by atoms with Crippen LogP contribution in [0.1, 0.15) is 78.1 Å². The number of anilines is 6. The van der Waals surface area contributed by atoms with E-state index in [9.17, 15) is 0 Å². The molecule has 0 unspecified atom stereocenters. The van der Waals surface area contributed by atoms with Crippen molar-refractivity contribution in [1.82, 2.24) is 0 Å². The van der Waals surface area contributed by atoms with Gasteiger partial charge in [-0.1, -0.05) is 80.6 Å². The molecule has 6 rings (SSSR count). The minimum absolute atomic E-state index is 0.671. The van der Waals surface area contributed by atoms with Gasteiger partial charge in [0, 0.05) is 39.7 Å². The molecule has 0 heterocycles. The molecule has 0 N–H and O–H groups in total. The van der Waals surface area contributed by atoms with E-state index in [2.05, 4.69) is 211 Å². The fourth-order valence-corrected chi connectivity index (χ4v) is 7.04. The van der Waals surface area contributed by atoms with Gasteiger partial charge in [-0.05, 0) is 172 Å². The topological polar surface area (TPSA) is 24.9 Å². The van der Waals surface area contributed by atoms with E-state index in [-0.39, 0.29) is 0 Å². The van der Waals surface area contributed by atoms with Crippen molar-refractivity contribution >= 4 is 52.4 Å². The summed E-state index contributed by atoms with van der Waals surface area (Å²) in [6.07, 6.45) is 10.5. The summed E-state index contributed by atoms with van der Waals surface area (Å²) < 4.78 is 12.3. The van der Waals surface area contributed by atoms with Gasteiger partial charge in [-0.2, -0.15) is 0 Å². The van der Waals surface area contributed by atoms with Crippen LogP contribution in [0.3, 0.4) is 0 Å². The largest absolute Gasteiger partial charge is 0.493 e. The Kier molecular flexibility index (Phi) is 13.2. The summed E-state index contributed by atoms with van der Waals surface area (Å²) in [5.74, 6) is 1.79. The molecule has 0 radical (unpaired) electrons. The maximum atomic E-state index is 6.19. The molecule has 0 saturated carbocycles. The lowest BCUT2D eigenvalue weighted by atomic mass is 10.0. The highest BCUT2D eigenvalue weighted by Crippen LogP contribution is 2.42. The van der Waals surface area contributed by atoms with Crippen LogP contribution < -0.4 is 19.3 Å². The van der Waals surface area contributed by atoms with Crippen LogP contribution >= 0.6 is 0 Å². The van der Waals surface area contributed by atoms with Crippen molar-refractivity contribution in [3.63, 3.8) is 0 Å². The van der Waals surface area contributed by atoms with E-state index in [1.54, 1.807) is 0 Å². The van der Waals surface area contributed by atoms with E-state index in [1.165, 1.54) is 27.8 Å². The average Bonchev–Trinajstić information content (AvgIpc) is 3.18. The maximum absolute atomic E-state index is 6.19. The van der Waals surface area contributed by atoms with Crippen LogP contribution in [0, 0.1) is 34.6 Å². The SMILES string of the molecule is CC=Cc1ccc(N(c2cccc(C)c2)c2cccc(N(c3cccc(C)c3)c3ccc(C=Cc4cc(OCCC)c(C)cc4OCCC)c(C)c3)c2)cc1C. The van der Waals surface area contributed by atoms with Crippen LogP contribution in [0.15, 0.2) is 127 Å². The molecule has 4 heteroatoms. The molecule has 0 aliphatic carbocycles. The van der Waals surface area contributed by atoms with Gasteiger partial charge in [0.1, 0.15) is 11.5 Å². The summed E-state index contributed by atoms with van der Waals surface area (Å²) in [5, 5.41) is 0. The molecule has 0 aliphatic heterocycles. The number of nitrogens with zero attached hydrogens (tertiary/aromatic N) is 2. The quantitative estimate of drug-likeness (QED) is 0.0979. The van der Waals surface area contributed by atoms with Crippen molar-refractivity contribution in [2.45, 2.75) is 68.2 Å². The molecule has 0 saturated heterocycles.